The minimum Gasteiger partial charge on any atom is -0.478 e. The summed E-state index contributed by atoms with van der Waals surface area (Å²) < 4.78 is 6.66. The quantitative estimate of drug-likeness (QED) is 0.331. The Balaban J connectivity index is 1.96. The molecule has 30 heavy (non-hydrogen) atoms. The van der Waals surface area contributed by atoms with Crippen LogP contribution in [-0.4, -0.2) is 23.7 Å². The number of ether oxygens (including phenoxy) is 1. The molecular weight excluding hydrogens is 420 g/mol. The number of esters is 1. The Morgan fingerprint density at radius 3 is 2.50 bits per heavy atom. The van der Waals surface area contributed by atoms with Crippen molar-refractivity contribution in [3.63, 3.8) is 0 Å². The van der Waals surface area contributed by atoms with Gasteiger partial charge >= 0.3 is 11.9 Å². The van der Waals surface area contributed by atoms with E-state index in [2.05, 4.69) is 0 Å². The lowest BCUT2D eigenvalue weighted by molar-refractivity contribution is 0.0527. The van der Waals surface area contributed by atoms with Crippen molar-refractivity contribution in [1.82, 2.24) is 0 Å². The number of carboxylic acids is 1. The molecule has 0 radical (unpaired) electrons. The lowest BCUT2D eigenvalue weighted by Gasteiger charge is -2.11. The van der Waals surface area contributed by atoms with Gasteiger partial charge in [0.05, 0.1) is 23.1 Å². The van der Waals surface area contributed by atoms with Crippen LogP contribution < -0.4 is 5.43 Å². The van der Waals surface area contributed by atoms with E-state index in [1.807, 2.05) is 18.2 Å². The third-order valence-corrected chi connectivity index (χ3v) is 6.66. The van der Waals surface area contributed by atoms with Gasteiger partial charge in [-0.3, -0.25) is 4.79 Å². The van der Waals surface area contributed by atoms with Gasteiger partial charge in [-0.2, -0.15) is 0 Å². The summed E-state index contributed by atoms with van der Waals surface area (Å²) in [6, 6.07) is 17.3. The number of carbonyl (C=O) groups excluding carboxylic acids is 1. The summed E-state index contributed by atoms with van der Waals surface area (Å²) in [5, 5.41) is 10.3. The van der Waals surface area contributed by atoms with E-state index < -0.39 is 11.9 Å². The predicted molar refractivity (Wildman–Crippen MR) is 119 cm³/mol. The van der Waals surface area contributed by atoms with Crippen LogP contribution in [0.2, 0.25) is 0 Å². The van der Waals surface area contributed by atoms with Gasteiger partial charge in [0.15, 0.2) is 5.43 Å². The maximum atomic E-state index is 13.1. The van der Waals surface area contributed by atoms with E-state index in [0.29, 0.717) is 25.3 Å². The first-order valence-corrected chi connectivity index (χ1v) is 10.8. The van der Waals surface area contributed by atoms with Crippen molar-refractivity contribution in [2.75, 3.05) is 6.61 Å². The van der Waals surface area contributed by atoms with Gasteiger partial charge in [-0.05, 0) is 43.3 Å². The molecule has 1 aromatic heterocycles. The van der Waals surface area contributed by atoms with Gasteiger partial charge < -0.3 is 9.84 Å². The van der Waals surface area contributed by atoms with E-state index in [4.69, 9.17) is 4.74 Å². The predicted octanol–water partition coefficient (Wildman–Crippen LogP) is 5.44. The summed E-state index contributed by atoms with van der Waals surface area (Å²) in [5.41, 5.74) is 0.147. The maximum absolute atomic E-state index is 13.1. The Morgan fingerprint density at radius 1 is 1.00 bits per heavy atom. The monoisotopic (exact) mass is 436 g/mol. The molecule has 4 rings (SSSR count). The molecule has 1 heterocycles. The highest BCUT2D eigenvalue weighted by molar-refractivity contribution is 7.99. The van der Waals surface area contributed by atoms with Crippen molar-refractivity contribution in [1.29, 1.82) is 0 Å². The maximum Gasteiger partial charge on any atom is 0.338 e. The molecule has 4 aromatic rings. The fraction of sp³-hybridized carbons (Fsp3) is 0.0870. The molecule has 0 saturated carbocycles. The van der Waals surface area contributed by atoms with E-state index in [9.17, 15) is 19.5 Å². The highest BCUT2D eigenvalue weighted by Crippen LogP contribution is 2.36. The molecule has 3 aromatic carbocycles. The van der Waals surface area contributed by atoms with Gasteiger partial charge in [-0.15, -0.1) is 11.3 Å². The third kappa shape index (κ3) is 3.69. The van der Waals surface area contributed by atoms with Gasteiger partial charge in [-0.25, -0.2) is 9.59 Å². The van der Waals surface area contributed by atoms with Crippen molar-refractivity contribution in [3.05, 3.63) is 82.0 Å². The zero-order chi connectivity index (χ0) is 21.3. The van der Waals surface area contributed by atoms with Crippen molar-refractivity contribution in [2.45, 2.75) is 16.7 Å². The fourth-order valence-corrected chi connectivity index (χ4v) is 5.43. The summed E-state index contributed by atoms with van der Waals surface area (Å²) in [6.45, 7) is 1.89. The fourth-order valence-electron chi connectivity index (χ4n) is 3.19. The standard InChI is InChI=1S/C23H16O5S2/c1-2-28-23(27)16-11-13(29-18-10-6-4-8-15(18)22(25)26)12-19-20(16)21(24)14-7-3-5-9-17(14)30-19/h3-12H,2H2,1H3,(H,25,26). The molecule has 0 unspecified atom stereocenters. The van der Waals surface area contributed by atoms with Gasteiger partial charge in [-0.1, -0.05) is 36.0 Å². The third-order valence-electron chi connectivity index (χ3n) is 4.49. The molecule has 0 amide bonds. The molecule has 0 aliphatic heterocycles. The number of aromatic carboxylic acids is 1. The van der Waals surface area contributed by atoms with Gasteiger partial charge in [0.25, 0.3) is 0 Å². The van der Waals surface area contributed by atoms with Crippen LogP contribution in [0, 0.1) is 0 Å². The average molecular weight is 437 g/mol. The second-order valence-corrected chi connectivity index (χ2v) is 8.59. The first-order chi connectivity index (χ1) is 14.5. The van der Waals surface area contributed by atoms with Crippen LogP contribution in [0.1, 0.15) is 27.6 Å². The first-order valence-electron chi connectivity index (χ1n) is 9.16. The zero-order valence-corrected chi connectivity index (χ0v) is 17.5. The second-order valence-electron chi connectivity index (χ2n) is 6.40. The SMILES string of the molecule is CCOC(=O)c1cc(Sc2ccccc2C(=O)O)cc2sc3ccccc3c(=O)c12. The molecule has 0 fully saturated rings. The Kier molecular flexibility index (Phi) is 5.57. The van der Waals surface area contributed by atoms with E-state index in [1.54, 1.807) is 43.3 Å². The van der Waals surface area contributed by atoms with Gasteiger partial charge in [0.1, 0.15) is 0 Å². The lowest BCUT2D eigenvalue weighted by atomic mass is 10.1. The average Bonchev–Trinajstić information content (AvgIpc) is 2.73. The van der Waals surface area contributed by atoms with E-state index >= 15 is 0 Å². The molecule has 5 nitrogen and oxygen atoms in total. The molecule has 0 aliphatic carbocycles. The lowest BCUT2D eigenvalue weighted by Crippen LogP contribution is -2.11. The second kappa shape index (κ2) is 8.30. The summed E-state index contributed by atoms with van der Waals surface area (Å²) in [6.07, 6.45) is 0. The van der Waals surface area contributed by atoms with Crippen LogP contribution in [0.4, 0.5) is 0 Å². The summed E-state index contributed by atoms with van der Waals surface area (Å²) in [7, 11) is 0. The molecule has 0 bridgehead atoms. The Labute approximate surface area is 179 Å². The number of carboxylic acid groups (broad SMARTS) is 1. The topological polar surface area (TPSA) is 80.7 Å². The molecule has 150 valence electrons. The molecule has 0 aliphatic rings. The molecule has 0 atom stereocenters. The number of rotatable bonds is 5. The Morgan fingerprint density at radius 2 is 1.73 bits per heavy atom. The van der Waals surface area contributed by atoms with Crippen LogP contribution in [0.3, 0.4) is 0 Å². The Hall–Kier alpha value is -3.16. The van der Waals surface area contributed by atoms with Crippen LogP contribution in [-0.2, 0) is 4.74 Å². The van der Waals surface area contributed by atoms with Crippen molar-refractivity contribution in [3.8, 4) is 0 Å². The minimum atomic E-state index is -1.03. The van der Waals surface area contributed by atoms with Crippen LogP contribution in [0.25, 0.3) is 20.2 Å². The van der Waals surface area contributed by atoms with E-state index in [1.165, 1.54) is 29.2 Å². The largest absolute Gasteiger partial charge is 0.478 e. The first kappa shape index (κ1) is 20.1. The summed E-state index contributed by atoms with van der Waals surface area (Å²) >= 11 is 2.65. The molecule has 0 saturated heterocycles. The summed E-state index contributed by atoms with van der Waals surface area (Å²) in [5.74, 6) is -1.60. The molecule has 0 spiro atoms. The molecule has 1 N–H and O–H groups in total. The van der Waals surface area contributed by atoms with Crippen LogP contribution in [0.15, 0.2) is 75.2 Å². The van der Waals surface area contributed by atoms with Crippen LogP contribution >= 0.6 is 23.1 Å². The van der Waals surface area contributed by atoms with Crippen LogP contribution in [0.5, 0.6) is 0 Å². The highest BCUT2D eigenvalue weighted by atomic mass is 32.2. The van der Waals surface area contributed by atoms with E-state index in [0.717, 1.165) is 4.70 Å². The smallest absolute Gasteiger partial charge is 0.338 e. The van der Waals surface area contributed by atoms with Gasteiger partial charge in [0, 0.05) is 24.6 Å². The summed E-state index contributed by atoms with van der Waals surface area (Å²) in [4.78, 5) is 38.6. The van der Waals surface area contributed by atoms with Crippen molar-refractivity contribution >= 4 is 55.2 Å². The molecular formula is C23H16O5S2. The van der Waals surface area contributed by atoms with Gasteiger partial charge in [0.2, 0.25) is 0 Å². The molecule has 7 heteroatoms. The van der Waals surface area contributed by atoms with E-state index in [-0.39, 0.29) is 23.2 Å². The number of carbonyl (C=O) groups is 2. The Bertz CT molecular complexity index is 1360. The number of fused-ring (bicyclic) bond motifs is 2. The number of hydrogen-bond acceptors (Lipinski definition) is 6. The van der Waals surface area contributed by atoms with Crippen molar-refractivity contribution in [2.24, 2.45) is 0 Å². The van der Waals surface area contributed by atoms with Crippen molar-refractivity contribution < 1.29 is 19.4 Å². The zero-order valence-electron chi connectivity index (χ0n) is 15.9. The highest BCUT2D eigenvalue weighted by Gasteiger charge is 2.19. The number of hydrogen-bond donors (Lipinski definition) is 1. The number of benzene rings is 3. The minimum absolute atomic E-state index is 0.173. The normalized spacial score (nSPS) is 11.0.